The molecule has 1 N–H and O–H groups in total. The van der Waals surface area contributed by atoms with E-state index in [0.717, 1.165) is 18.2 Å². The van der Waals surface area contributed by atoms with E-state index in [9.17, 15) is 32.9 Å². The van der Waals surface area contributed by atoms with Gasteiger partial charge in [-0.05, 0) is 29.5 Å². The number of nitro groups is 1. The molecule has 0 aliphatic carbocycles. The molecule has 0 saturated carbocycles. The zero-order chi connectivity index (χ0) is 21.2. The lowest BCUT2D eigenvalue weighted by molar-refractivity contribution is -0.641. The average molecular weight is 401 g/mol. The molecule has 8 nitrogen and oxygen atoms in total. The van der Waals surface area contributed by atoms with Gasteiger partial charge < -0.3 is 10.1 Å². The van der Waals surface area contributed by atoms with Crippen LogP contribution in [0.25, 0.3) is 0 Å². The molecule has 2 rings (SSSR count). The Morgan fingerprint density at radius 1 is 1.36 bits per heavy atom. The third-order valence-corrected chi connectivity index (χ3v) is 3.93. The second-order valence-corrected chi connectivity index (χ2v) is 6.53. The van der Waals surface area contributed by atoms with Crippen LogP contribution in [0.4, 0.5) is 18.0 Å². The SMILES string of the molecule is CC1=C(C(=O)OCC(C)C)C(c2ccccc2C(F)(F)F)N([N+](=O)[O-])C(=O)N1. The first-order valence-electron chi connectivity index (χ1n) is 8.23. The van der Waals surface area contributed by atoms with Gasteiger partial charge in [0.15, 0.2) is 11.1 Å². The number of nitrogens with zero attached hydrogens (tertiary/aromatic N) is 2. The molecule has 1 heterocycles. The van der Waals surface area contributed by atoms with Gasteiger partial charge in [-0.25, -0.2) is 19.7 Å². The first kappa shape index (κ1) is 21.2. The molecule has 1 atom stereocenters. The Kier molecular flexibility index (Phi) is 5.95. The lowest BCUT2D eigenvalue weighted by Crippen LogP contribution is -2.51. The van der Waals surface area contributed by atoms with Crippen LogP contribution in [0.15, 0.2) is 35.5 Å². The quantitative estimate of drug-likeness (QED) is 0.463. The van der Waals surface area contributed by atoms with Gasteiger partial charge in [0.2, 0.25) is 0 Å². The fourth-order valence-corrected chi connectivity index (χ4v) is 2.76. The summed E-state index contributed by atoms with van der Waals surface area (Å²) in [5.41, 5.74) is -2.34. The van der Waals surface area contributed by atoms with Gasteiger partial charge in [-0.1, -0.05) is 32.0 Å². The van der Waals surface area contributed by atoms with E-state index in [4.69, 9.17) is 4.74 Å². The molecule has 0 aromatic heterocycles. The maximum Gasteiger partial charge on any atom is 0.416 e. The fraction of sp³-hybridized carbons (Fsp3) is 0.412. The highest BCUT2D eigenvalue weighted by atomic mass is 19.4. The number of urea groups is 1. The summed E-state index contributed by atoms with van der Waals surface area (Å²) in [6, 6.07) is 0.907. The van der Waals surface area contributed by atoms with Gasteiger partial charge in [-0.15, -0.1) is 0 Å². The Labute approximate surface area is 158 Å². The van der Waals surface area contributed by atoms with Crippen LogP contribution in [0.3, 0.4) is 0 Å². The average Bonchev–Trinajstić information content (AvgIpc) is 2.57. The Balaban J connectivity index is 2.69. The van der Waals surface area contributed by atoms with E-state index < -0.39 is 46.0 Å². The summed E-state index contributed by atoms with van der Waals surface area (Å²) in [5, 5.41) is 12.4. The van der Waals surface area contributed by atoms with Gasteiger partial charge >= 0.3 is 18.2 Å². The van der Waals surface area contributed by atoms with E-state index >= 15 is 0 Å². The lowest BCUT2D eigenvalue weighted by Gasteiger charge is -2.31. The van der Waals surface area contributed by atoms with E-state index in [1.54, 1.807) is 13.8 Å². The highest BCUT2D eigenvalue weighted by Gasteiger charge is 2.48. The van der Waals surface area contributed by atoms with Crippen molar-refractivity contribution >= 4 is 12.0 Å². The standard InChI is InChI=1S/C17H18F3N3O5/c1-9(2)8-28-15(24)13-10(3)21-16(25)22(23(26)27)14(13)11-6-4-5-7-12(11)17(18,19)20/h4-7,9,14H,8H2,1-3H3,(H,21,25). The topological polar surface area (TPSA) is 102 Å². The van der Waals surface area contributed by atoms with Crippen molar-refractivity contribution in [3.63, 3.8) is 0 Å². The van der Waals surface area contributed by atoms with Gasteiger partial charge in [0.05, 0.1) is 17.7 Å². The number of rotatable bonds is 5. The molecule has 0 radical (unpaired) electrons. The summed E-state index contributed by atoms with van der Waals surface area (Å²) in [7, 11) is 0. The first-order valence-corrected chi connectivity index (χ1v) is 8.23. The van der Waals surface area contributed by atoms with E-state index in [2.05, 4.69) is 5.32 Å². The Hall–Kier alpha value is -3.11. The Morgan fingerprint density at radius 3 is 2.50 bits per heavy atom. The number of ether oxygens (including phenoxy) is 1. The van der Waals surface area contributed by atoms with Crippen LogP contribution in [-0.2, 0) is 15.7 Å². The molecule has 0 bridgehead atoms. The number of benzene rings is 1. The number of carbonyl (C=O) groups excluding carboxylic acids is 2. The maximum atomic E-state index is 13.5. The van der Waals surface area contributed by atoms with E-state index in [-0.39, 0.29) is 23.2 Å². The van der Waals surface area contributed by atoms with Crippen LogP contribution in [-0.4, -0.2) is 28.6 Å². The number of esters is 1. The van der Waals surface area contributed by atoms with Gasteiger partial charge in [0.25, 0.3) is 0 Å². The van der Waals surface area contributed by atoms with Crippen molar-refractivity contribution in [3.8, 4) is 0 Å². The number of hydrazine groups is 1. The van der Waals surface area contributed by atoms with E-state index in [0.29, 0.717) is 0 Å². The number of allylic oxidation sites excluding steroid dienone is 1. The van der Waals surface area contributed by atoms with Gasteiger partial charge in [-0.3, -0.25) is 0 Å². The third kappa shape index (κ3) is 4.24. The molecule has 11 heteroatoms. The minimum absolute atomic E-state index is 0.0382. The predicted octanol–water partition coefficient (Wildman–Crippen LogP) is 3.44. The van der Waals surface area contributed by atoms with Crippen LogP contribution in [0, 0.1) is 16.0 Å². The Morgan fingerprint density at radius 2 is 1.96 bits per heavy atom. The van der Waals surface area contributed by atoms with Gasteiger partial charge in [-0.2, -0.15) is 13.2 Å². The molecule has 2 amide bonds. The van der Waals surface area contributed by atoms with Crippen molar-refractivity contribution in [1.29, 1.82) is 0 Å². The maximum absolute atomic E-state index is 13.5. The zero-order valence-electron chi connectivity index (χ0n) is 15.2. The second-order valence-electron chi connectivity index (χ2n) is 6.53. The molecule has 1 aromatic rings. The van der Waals surface area contributed by atoms with E-state index in [1.807, 2.05) is 0 Å². The summed E-state index contributed by atoms with van der Waals surface area (Å²) in [4.78, 5) is 36.2. The molecule has 1 aliphatic heterocycles. The molecular formula is C17H18F3N3O5. The number of amides is 2. The monoisotopic (exact) mass is 401 g/mol. The smallest absolute Gasteiger partial charge is 0.416 e. The molecule has 152 valence electrons. The molecule has 0 spiro atoms. The summed E-state index contributed by atoms with van der Waals surface area (Å²) < 4.78 is 45.5. The summed E-state index contributed by atoms with van der Waals surface area (Å²) in [6.45, 7) is 4.72. The number of carbonyl (C=O) groups is 2. The molecule has 1 unspecified atom stereocenters. The molecular weight excluding hydrogens is 383 g/mol. The third-order valence-electron chi connectivity index (χ3n) is 3.93. The normalized spacial score (nSPS) is 17.6. The van der Waals surface area contributed by atoms with Crippen molar-refractivity contribution in [2.24, 2.45) is 5.92 Å². The molecule has 1 aromatic carbocycles. The Bertz CT molecular complexity index is 836. The van der Waals surface area contributed by atoms with Crippen LogP contribution >= 0.6 is 0 Å². The number of hydrogen-bond acceptors (Lipinski definition) is 5. The fourth-order valence-electron chi connectivity index (χ4n) is 2.76. The minimum atomic E-state index is -4.85. The lowest BCUT2D eigenvalue weighted by atomic mass is 9.91. The van der Waals surface area contributed by atoms with Crippen molar-refractivity contribution in [2.45, 2.75) is 33.0 Å². The van der Waals surface area contributed by atoms with Gasteiger partial charge in [0.1, 0.15) is 0 Å². The largest absolute Gasteiger partial charge is 0.462 e. The van der Waals surface area contributed by atoms with Crippen molar-refractivity contribution in [3.05, 3.63) is 56.8 Å². The van der Waals surface area contributed by atoms with Crippen LogP contribution in [0.1, 0.15) is 37.9 Å². The summed E-state index contributed by atoms with van der Waals surface area (Å²) in [5.74, 6) is -1.12. The first-order chi connectivity index (χ1) is 12.9. The highest BCUT2D eigenvalue weighted by Crippen LogP contribution is 2.41. The van der Waals surface area contributed by atoms with Gasteiger partial charge in [0, 0.05) is 5.70 Å². The van der Waals surface area contributed by atoms with Crippen molar-refractivity contribution in [1.82, 2.24) is 10.3 Å². The zero-order valence-corrected chi connectivity index (χ0v) is 15.2. The highest BCUT2D eigenvalue weighted by molar-refractivity contribution is 5.94. The number of nitrogens with one attached hydrogen (secondary N) is 1. The van der Waals surface area contributed by atoms with Crippen LogP contribution in [0.5, 0.6) is 0 Å². The number of halogens is 3. The van der Waals surface area contributed by atoms with E-state index in [1.165, 1.54) is 13.0 Å². The van der Waals surface area contributed by atoms with Crippen molar-refractivity contribution in [2.75, 3.05) is 6.61 Å². The number of hydrogen-bond donors (Lipinski definition) is 1. The molecule has 28 heavy (non-hydrogen) atoms. The summed E-state index contributed by atoms with van der Waals surface area (Å²) >= 11 is 0. The second kappa shape index (κ2) is 7.87. The predicted molar refractivity (Wildman–Crippen MR) is 90.0 cm³/mol. The number of alkyl halides is 3. The van der Waals surface area contributed by atoms with Crippen molar-refractivity contribution < 1.29 is 32.5 Å². The summed E-state index contributed by atoms with van der Waals surface area (Å²) in [6.07, 6.45) is -4.85. The molecule has 1 aliphatic rings. The van der Waals surface area contributed by atoms with Crippen LogP contribution < -0.4 is 5.32 Å². The minimum Gasteiger partial charge on any atom is -0.462 e. The molecule has 0 fully saturated rings. The van der Waals surface area contributed by atoms with Crippen LogP contribution in [0.2, 0.25) is 0 Å². The molecule has 0 saturated heterocycles.